The first-order valence-electron chi connectivity index (χ1n) is 21.3. The zero-order valence-corrected chi connectivity index (χ0v) is 36.3. The highest BCUT2D eigenvalue weighted by atomic mass is 16.4. The SMILES string of the molecule is CC1(C)c2ccccc2-c2ccc(/C=C/c3ccc(N(c4ccc(/C=C/c5ccc(/C=C(\C#N)C(=O)O)cc5)cc4)c4ccc(/C=C/c5ccc(/C=C(\C#N)C(=O)O)cc5)cc4)cc3)cc21. The van der Waals surface area contributed by atoms with Crippen molar-refractivity contribution in [3.63, 3.8) is 0 Å². The molecule has 0 spiro atoms. The summed E-state index contributed by atoms with van der Waals surface area (Å²) in [5.41, 5.74) is 14.9. The van der Waals surface area contributed by atoms with E-state index in [0.717, 1.165) is 50.4 Å². The van der Waals surface area contributed by atoms with Crippen molar-refractivity contribution < 1.29 is 19.8 Å². The van der Waals surface area contributed by atoms with Crippen LogP contribution in [0.5, 0.6) is 0 Å². The first-order valence-corrected chi connectivity index (χ1v) is 21.3. The van der Waals surface area contributed by atoms with Crippen molar-refractivity contribution in [2.75, 3.05) is 4.90 Å². The van der Waals surface area contributed by atoms with Crippen molar-refractivity contribution in [3.05, 3.63) is 231 Å². The number of rotatable bonds is 13. The van der Waals surface area contributed by atoms with Crippen molar-refractivity contribution in [1.29, 1.82) is 10.5 Å². The Labute approximate surface area is 384 Å². The van der Waals surface area contributed by atoms with Gasteiger partial charge in [-0.3, -0.25) is 0 Å². The van der Waals surface area contributed by atoms with Gasteiger partial charge in [0, 0.05) is 22.5 Å². The molecule has 0 aliphatic heterocycles. The van der Waals surface area contributed by atoms with Gasteiger partial charge in [-0.15, -0.1) is 0 Å². The first kappa shape index (κ1) is 43.6. The fraction of sp³-hybridized carbons (Fsp3) is 0.0508. The summed E-state index contributed by atoms with van der Waals surface area (Å²) in [6.45, 7) is 4.59. The molecule has 1 aliphatic rings. The van der Waals surface area contributed by atoms with Crippen molar-refractivity contribution in [3.8, 4) is 23.3 Å². The predicted octanol–water partition coefficient (Wildman–Crippen LogP) is 14.0. The van der Waals surface area contributed by atoms with Gasteiger partial charge in [-0.05, 0) is 115 Å². The van der Waals surface area contributed by atoms with Gasteiger partial charge in [-0.25, -0.2) is 9.59 Å². The minimum atomic E-state index is -1.26. The maximum atomic E-state index is 11.2. The molecule has 0 aromatic heterocycles. The number of nitrogens with zero attached hydrogens (tertiary/aromatic N) is 3. The third-order valence-electron chi connectivity index (χ3n) is 11.7. The molecule has 0 heterocycles. The van der Waals surface area contributed by atoms with Gasteiger partial charge in [-0.1, -0.05) is 178 Å². The minimum absolute atomic E-state index is 0.0640. The molecule has 7 aromatic carbocycles. The number of anilines is 3. The zero-order valence-electron chi connectivity index (χ0n) is 36.3. The van der Waals surface area contributed by atoms with E-state index in [1.165, 1.54) is 34.4 Å². The Morgan fingerprint density at radius 3 is 1.14 bits per heavy atom. The quantitative estimate of drug-likeness (QED) is 0.0672. The molecule has 66 heavy (non-hydrogen) atoms. The lowest BCUT2D eigenvalue weighted by Gasteiger charge is -2.26. The van der Waals surface area contributed by atoms with Crippen LogP contribution in [-0.4, -0.2) is 22.2 Å². The molecule has 7 heteroatoms. The number of benzene rings is 7. The highest BCUT2D eigenvalue weighted by Crippen LogP contribution is 2.48. The number of carboxylic acid groups (broad SMARTS) is 2. The molecular formula is C59H43N3O4. The van der Waals surface area contributed by atoms with Crippen LogP contribution in [0.15, 0.2) is 175 Å². The molecular weight excluding hydrogens is 815 g/mol. The molecule has 0 saturated carbocycles. The Kier molecular flexibility index (Phi) is 12.6. The Balaban J connectivity index is 1.03. The van der Waals surface area contributed by atoms with E-state index in [2.05, 4.69) is 146 Å². The molecule has 7 nitrogen and oxygen atoms in total. The summed E-state index contributed by atoms with van der Waals surface area (Å²) >= 11 is 0. The minimum Gasteiger partial charge on any atom is -0.477 e. The molecule has 0 unspecified atom stereocenters. The van der Waals surface area contributed by atoms with Crippen LogP contribution in [0.1, 0.15) is 69.5 Å². The summed E-state index contributed by atoms with van der Waals surface area (Å²) in [7, 11) is 0. The number of nitriles is 2. The first-order chi connectivity index (χ1) is 32.0. The number of fused-ring (bicyclic) bond motifs is 3. The second-order valence-corrected chi connectivity index (χ2v) is 16.4. The number of carbonyl (C=O) groups is 2. The van der Waals surface area contributed by atoms with Crippen LogP contribution in [0.4, 0.5) is 17.1 Å². The molecule has 7 aromatic rings. The zero-order chi connectivity index (χ0) is 46.2. The molecule has 1 aliphatic carbocycles. The van der Waals surface area contributed by atoms with E-state index < -0.39 is 11.9 Å². The van der Waals surface area contributed by atoms with Crippen LogP contribution < -0.4 is 4.90 Å². The van der Waals surface area contributed by atoms with E-state index in [1.54, 1.807) is 36.4 Å². The van der Waals surface area contributed by atoms with E-state index in [4.69, 9.17) is 10.5 Å². The van der Waals surface area contributed by atoms with Crippen LogP contribution in [0.3, 0.4) is 0 Å². The number of aliphatic carboxylic acids is 2. The smallest absolute Gasteiger partial charge is 0.346 e. The molecule has 0 fully saturated rings. The van der Waals surface area contributed by atoms with Gasteiger partial charge >= 0.3 is 11.9 Å². The van der Waals surface area contributed by atoms with Gasteiger partial charge < -0.3 is 15.1 Å². The fourth-order valence-corrected chi connectivity index (χ4v) is 8.08. The van der Waals surface area contributed by atoms with Gasteiger partial charge in [0.2, 0.25) is 0 Å². The standard InChI is InChI=1S/C59H43N3O4/c1-59(2)55-6-4-3-5-53(55)54-34-27-47(37-56(54)59)20-15-44-25-32-52(33-26-44)62(50-28-21-42(22-29-50)9-7-40-11-16-45(17-12-40)35-48(38-60)57(63)64)51-30-23-43(24-31-51)10-8-41-13-18-46(19-14-41)36-49(39-61)58(65)66/h3-37H,1-2H3,(H,63,64)(H,65,66)/b9-7+,10-8+,20-15+,48-35+,49-36+. The van der Waals surface area contributed by atoms with Crippen molar-refractivity contribution >= 4 is 77.6 Å². The predicted molar refractivity (Wildman–Crippen MR) is 267 cm³/mol. The van der Waals surface area contributed by atoms with Crippen molar-refractivity contribution in [2.24, 2.45) is 0 Å². The largest absolute Gasteiger partial charge is 0.477 e. The van der Waals surface area contributed by atoms with Crippen LogP contribution in [0.25, 0.3) is 59.7 Å². The second-order valence-electron chi connectivity index (χ2n) is 16.4. The summed E-state index contributed by atoms with van der Waals surface area (Å²) in [5.74, 6) is -2.51. The normalized spacial score (nSPS) is 13.0. The lowest BCUT2D eigenvalue weighted by molar-refractivity contribution is -0.133. The van der Waals surface area contributed by atoms with Crippen molar-refractivity contribution in [2.45, 2.75) is 19.3 Å². The van der Waals surface area contributed by atoms with E-state index in [-0.39, 0.29) is 16.6 Å². The third kappa shape index (κ3) is 9.77. The number of carboxylic acids is 2. The van der Waals surface area contributed by atoms with Crippen LogP contribution >= 0.6 is 0 Å². The highest BCUT2D eigenvalue weighted by Gasteiger charge is 2.35. The molecule has 318 valence electrons. The summed E-state index contributed by atoms with van der Waals surface area (Å²) in [6.07, 6.45) is 15.0. The molecule has 0 amide bonds. The monoisotopic (exact) mass is 857 g/mol. The van der Waals surface area contributed by atoms with Gasteiger partial charge in [0.15, 0.2) is 0 Å². The molecule has 2 N–H and O–H groups in total. The topological polar surface area (TPSA) is 125 Å². The van der Waals surface area contributed by atoms with Gasteiger partial charge in [-0.2, -0.15) is 10.5 Å². The summed E-state index contributed by atoms with van der Waals surface area (Å²) in [6, 6.07) is 58.6. The summed E-state index contributed by atoms with van der Waals surface area (Å²) in [5, 5.41) is 36.6. The van der Waals surface area contributed by atoms with Crippen LogP contribution in [0, 0.1) is 22.7 Å². The Morgan fingerprint density at radius 1 is 0.439 bits per heavy atom. The van der Waals surface area contributed by atoms with E-state index in [0.29, 0.717) is 11.1 Å². The van der Waals surface area contributed by atoms with Gasteiger partial charge in [0.25, 0.3) is 0 Å². The van der Waals surface area contributed by atoms with Crippen molar-refractivity contribution in [1.82, 2.24) is 0 Å². The lowest BCUT2D eigenvalue weighted by Crippen LogP contribution is -2.14. The van der Waals surface area contributed by atoms with Crippen LogP contribution in [0.2, 0.25) is 0 Å². The van der Waals surface area contributed by atoms with E-state index in [9.17, 15) is 19.8 Å². The van der Waals surface area contributed by atoms with E-state index in [1.807, 2.05) is 48.6 Å². The Bertz CT molecular complexity index is 3050. The van der Waals surface area contributed by atoms with E-state index >= 15 is 0 Å². The molecule has 0 atom stereocenters. The third-order valence-corrected chi connectivity index (χ3v) is 11.7. The summed E-state index contributed by atoms with van der Waals surface area (Å²) in [4.78, 5) is 24.7. The fourth-order valence-electron chi connectivity index (χ4n) is 8.08. The number of hydrogen-bond donors (Lipinski definition) is 2. The Hall–Kier alpha value is -9.04. The van der Waals surface area contributed by atoms with Gasteiger partial charge in [0.1, 0.15) is 23.3 Å². The molecule has 0 bridgehead atoms. The molecule has 0 radical (unpaired) electrons. The second kappa shape index (κ2) is 19.1. The number of hydrogen-bond acceptors (Lipinski definition) is 5. The van der Waals surface area contributed by atoms with Crippen LogP contribution in [-0.2, 0) is 15.0 Å². The maximum Gasteiger partial charge on any atom is 0.346 e. The summed E-state index contributed by atoms with van der Waals surface area (Å²) < 4.78 is 0. The maximum absolute atomic E-state index is 11.2. The molecule has 8 rings (SSSR count). The highest BCUT2D eigenvalue weighted by molar-refractivity contribution is 5.97. The van der Waals surface area contributed by atoms with Gasteiger partial charge in [0.05, 0.1) is 0 Å². The average molecular weight is 858 g/mol. The lowest BCUT2D eigenvalue weighted by atomic mass is 9.82. The molecule has 0 saturated heterocycles. The average Bonchev–Trinajstić information content (AvgIpc) is 3.57. The Morgan fingerprint density at radius 2 is 0.758 bits per heavy atom.